The molecule has 1 saturated carbocycles. The summed E-state index contributed by atoms with van der Waals surface area (Å²) in [5.41, 5.74) is 0. The van der Waals surface area contributed by atoms with Crippen LogP contribution in [0.25, 0.3) is 0 Å². The molecule has 2 aliphatic rings. The van der Waals surface area contributed by atoms with Crippen molar-refractivity contribution in [3.8, 4) is 0 Å². The summed E-state index contributed by atoms with van der Waals surface area (Å²) in [5, 5.41) is 3.91. The van der Waals surface area contributed by atoms with E-state index in [1.165, 1.54) is 64.6 Å². The minimum absolute atomic E-state index is 0.797. The molecular formula is C15H30N2. The number of rotatable bonds is 7. The molecule has 1 heterocycles. The lowest BCUT2D eigenvalue weighted by Crippen LogP contribution is -2.46. The van der Waals surface area contributed by atoms with E-state index in [4.69, 9.17) is 0 Å². The Morgan fingerprint density at radius 2 is 1.82 bits per heavy atom. The molecule has 2 heteroatoms. The minimum atomic E-state index is 0.797. The normalized spacial score (nSPS) is 25.1. The van der Waals surface area contributed by atoms with Crippen molar-refractivity contribution < 1.29 is 0 Å². The van der Waals surface area contributed by atoms with Crippen LogP contribution < -0.4 is 5.32 Å². The van der Waals surface area contributed by atoms with Gasteiger partial charge in [0, 0.05) is 12.1 Å². The minimum Gasteiger partial charge on any atom is -0.311 e. The average molecular weight is 238 g/mol. The highest BCUT2D eigenvalue weighted by molar-refractivity contribution is 4.84. The molecule has 1 unspecified atom stereocenters. The molecule has 2 fully saturated rings. The lowest BCUT2D eigenvalue weighted by molar-refractivity contribution is 0.188. The van der Waals surface area contributed by atoms with Gasteiger partial charge in [-0.05, 0) is 57.7 Å². The quantitative estimate of drug-likeness (QED) is 0.733. The van der Waals surface area contributed by atoms with E-state index < -0.39 is 0 Å². The highest BCUT2D eigenvalue weighted by Crippen LogP contribution is 2.34. The van der Waals surface area contributed by atoms with Crippen molar-refractivity contribution in [2.75, 3.05) is 19.6 Å². The molecule has 1 N–H and O–H groups in total. The van der Waals surface area contributed by atoms with E-state index in [0.29, 0.717) is 0 Å². The predicted molar refractivity (Wildman–Crippen MR) is 74.3 cm³/mol. The van der Waals surface area contributed by atoms with Gasteiger partial charge in [-0.3, -0.25) is 0 Å². The van der Waals surface area contributed by atoms with Gasteiger partial charge in [-0.1, -0.05) is 26.7 Å². The van der Waals surface area contributed by atoms with E-state index in [-0.39, 0.29) is 0 Å². The molecule has 2 rings (SSSR count). The third kappa shape index (κ3) is 4.59. The summed E-state index contributed by atoms with van der Waals surface area (Å²) in [6.45, 7) is 8.54. The Kier molecular flexibility index (Phi) is 5.30. The largest absolute Gasteiger partial charge is 0.311 e. The van der Waals surface area contributed by atoms with Crippen LogP contribution in [0.5, 0.6) is 0 Å². The highest BCUT2D eigenvalue weighted by Gasteiger charge is 2.26. The smallest absolute Gasteiger partial charge is 0.00940 e. The summed E-state index contributed by atoms with van der Waals surface area (Å²) in [4.78, 5) is 2.63. The summed E-state index contributed by atoms with van der Waals surface area (Å²) in [6, 6.07) is 1.59. The summed E-state index contributed by atoms with van der Waals surface area (Å²) < 4.78 is 0. The second kappa shape index (κ2) is 6.75. The molecule has 0 aromatic carbocycles. The number of hydrogen-bond acceptors (Lipinski definition) is 2. The van der Waals surface area contributed by atoms with Gasteiger partial charge in [0.1, 0.15) is 0 Å². The zero-order valence-electron chi connectivity index (χ0n) is 11.8. The second-order valence-corrected chi connectivity index (χ2v) is 6.07. The molecule has 0 radical (unpaired) electrons. The second-order valence-electron chi connectivity index (χ2n) is 6.07. The van der Waals surface area contributed by atoms with Gasteiger partial charge in [-0.2, -0.15) is 0 Å². The molecule has 0 aromatic heterocycles. The summed E-state index contributed by atoms with van der Waals surface area (Å²) in [6.07, 6.45) is 9.76. The lowest BCUT2D eigenvalue weighted by Gasteiger charge is -2.34. The van der Waals surface area contributed by atoms with Crippen LogP contribution in [-0.2, 0) is 0 Å². The van der Waals surface area contributed by atoms with E-state index in [2.05, 4.69) is 24.1 Å². The van der Waals surface area contributed by atoms with Crippen molar-refractivity contribution in [3.05, 3.63) is 0 Å². The van der Waals surface area contributed by atoms with Crippen molar-refractivity contribution >= 4 is 0 Å². The van der Waals surface area contributed by atoms with E-state index in [1.807, 2.05) is 0 Å². The number of piperidine rings is 1. The fourth-order valence-corrected chi connectivity index (χ4v) is 3.08. The van der Waals surface area contributed by atoms with Crippen molar-refractivity contribution in [3.63, 3.8) is 0 Å². The molecular weight excluding hydrogens is 208 g/mol. The fourth-order valence-electron chi connectivity index (χ4n) is 3.08. The highest BCUT2D eigenvalue weighted by atomic mass is 15.1. The Labute approximate surface area is 107 Å². The van der Waals surface area contributed by atoms with Gasteiger partial charge in [0.2, 0.25) is 0 Å². The first kappa shape index (κ1) is 13.4. The Hall–Kier alpha value is -0.0800. The van der Waals surface area contributed by atoms with E-state index in [0.717, 1.165) is 18.0 Å². The maximum atomic E-state index is 3.91. The molecule has 0 amide bonds. The zero-order chi connectivity index (χ0) is 12.1. The van der Waals surface area contributed by atoms with Crippen LogP contribution >= 0.6 is 0 Å². The zero-order valence-corrected chi connectivity index (χ0v) is 11.8. The van der Waals surface area contributed by atoms with Gasteiger partial charge in [0.15, 0.2) is 0 Å². The van der Waals surface area contributed by atoms with E-state index in [9.17, 15) is 0 Å². The van der Waals surface area contributed by atoms with Crippen LogP contribution in [0.1, 0.15) is 58.8 Å². The number of hydrogen-bond donors (Lipinski definition) is 1. The van der Waals surface area contributed by atoms with Crippen LogP contribution in [0.3, 0.4) is 0 Å². The van der Waals surface area contributed by atoms with Crippen molar-refractivity contribution in [2.45, 2.75) is 70.9 Å². The van der Waals surface area contributed by atoms with E-state index >= 15 is 0 Å². The first-order valence-corrected chi connectivity index (χ1v) is 7.80. The molecule has 0 aromatic rings. The van der Waals surface area contributed by atoms with E-state index in [1.54, 1.807) is 0 Å². The molecule has 1 saturated heterocycles. The number of likely N-dealkylation sites (tertiary alicyclic amines) is 1. The van der Waals surface area contributed by atoms with Crippen LogP contribution in [-0.4, -0.2) is 36.6 Å². The Morgan fingerprint density at radius 1 is 1.12 bits per heavy atom. The summed E-state index contributed by atoms with van der Waals surface area (Å²) in [7, 11) is 0. The molecule has 1 atom stereocenters. The lowest BCUT2D eigenvalue weighted by atomic mass is 10.0. The van der Waals surface area contributed by atoms with Crippen LogP contribution in [0.15, 0.2) is 0 Å². The molecule has 100 valence electrons. The number of nitrogens with one attached hydrogen (secondary N) is 1. The van der Waals surface area contributed by atoms with Gasteiger partial charge < -0.3 is 10.2 Å². The predicted octanol–water partition coefficient (Wildman–Crippen LogP) is 3.03. The third-order valence-corrected chi connectivity index (χ3v) is 4.41. The molecule has 1 aliphatic carbocycles. The maximum Gasteiger partial charge on any atom is 0.00940 e. The first-order valence-electron chi connectivity index (χ1n) is 7.80. The molecule has 17 heavy (non-hydrogen) atoms. The average Bonchev–Trinajstić information content (AvgIpc) is 3.15. The van der Waals surface area contributed by atoms with Gasteiger partial charge in [0.25, 0.3) is 0 Å². The van der Waals surface area contributed by atoms with Crippen LogP contribution in [0.2, 0.25) is 0 Å². The van der Waals surface area contributed by atoms with Crippen LogP contribution in [0.4, 0.5) is 0 Å². The third-order valence-electron chi connectivity index (χ3n) is 4.41. The van der Waals surface area contributed by atoms with Crippen molar-refractivity contribution in [1.29, 1.82) is 0 Å². The van der Waals surface area contributed by atoms with Gasteiger partial charge >= 0.3 is 0 Å². The first-order chi connectivity index (χ1) is 8.31. The SMILES string of the molecule is CCCN1CCC(NC(CC)CC2CC2)CC1. The van der Waals surface area contributed by atoms with Gasteiger partial charge in [-0.25, -0.2) is 0 Å². The topological polar surface area (TPSA) is 15.3 Å². The van der Waals surface area contributed by atoms with Crippen molar-refractivity contribution in [2.24, 2.45) is 5.92 Å². The molecule has 0 bridgehead atoms. The Bertz CT molecular complexity index is 205. The van der Waals surface area contributed by atoms with Crippen LogP contribution in [0, 0.1) is 5.92 Å². The van der Waals surface area contributed by atoms with Crippen molar-refractivity contribution in [1.82, 2.24) is 10.2 Å². The number of nitrogens with zero attached hydrogens (tertiary/aromatic N) is 1. The molecule has 2 nitrogen and oxygen atoms in total. The molecule has 1 aliphatic heterocycles. The molecule has 0 spiro atoms. The summed E-state index contributed by atoms with van der Waals surface area (Å²) >= 11 is 0. The maximum absolute atomic E-state index is 3.91. The Balaban J connectivity index is 1.65. The summed E-state index contributed by atoms with van der Waals surface area (Å²) in [5.74, 6) is 1.06. The fraction of sp³-hybridized carbons (Fsp3) is 1.00. The Morgan fingerprint density at radius 3 is 2.35 bits per heavy atom. The van der Waals surface area contributed by atoms with Gasteiger partial charge in [0.05, 0.1) is 0 Å². The monoisotopic (exact) mass is 238 g/mol. The van der Waals surface area contributed by atoms with Gasteiger partial charge in [-0.15, -0.1) is 0 Å². The standard InChI is InChI=1S/C15H30N2/c1-3-9-17-10-7-15(8-11-17)16-14(4-2)12-13-5-6-13/h13-16H,3-12H2,1-2H3.